The van der Waals surface area contributed by atoms with Gasteiger partial charge in [-0.2, -0.15) is 0 Å². The maximum Gasteiger partial charge on any atom is 0.310 e. The second kappa shape index (κ2) is 5.11. The largest absolute Gasteiger partial charge is 0.466 e. The quantitative estimate of drug-likeness (QED) is 0.487. The Morgan fingerprint density at radius 1 is 1.67 bits per heavy atom. The smallest absolute Gasteiger partial charge is 0.310 e. The molecule has 1 saturated heterocycles. The van der Waals surface area contributed by atoms with Crippen molar-refractivity contribution in [1.82, 2.24) is 5.32 Å². The van der Waals surface area contributed by atoms with Crippen LogP contribution in [0.4, 0.5) is 0 Å². The predicted octanol–water partition coefficient (Wildman–Crippen LogP) is -0.317. The highest BCUT2D eigenvalue weighted by Gasteiger charge is 2.44. The lowest BCUT2D eigenvalue weighted by Gasteiger charge is -2.39. The van der Waals surface area contributed by atoms with E-state index >= 15 is 0 Å². The van der Waals surface area contributed by atoms with Crippen molar-refractivity contribution in [2.24, 2.45) is 11.8 Å². The minimum atomic E-state index is -0.348. The predicted molar refractivity (Wildman–Crippen MR) is 52.9 cm³/mol. The van der Waals surface area contributed by atoms with Crippen LogP contribution >= 0.6 is 0 Å². The van der Waals surface area contributed by atoms with Crippen molar-refractivity contribution in [3.63, 3.8) is 0 Å². The average molecular weight is 215 g/mol. The Balaban J connectivity index is 2.49. The van der Waals surface area contributed by atoms with Crippen LogP contribution in [0, 0.1) is 11.8 Å². The van der Waals surface area contributed by atoms with Crippen LogP contribution in [0.25, 0.3) is 0 Å². The Hall–Kier alpha value is -1.10. The van der Waals surface area contributed by atoms with Crippen molar-refractivity contribution < 1.29 is 19.4 Å². The van der Waals surface area contributed by atoms with E-state index in [0.29, 0.717) is 13.0 Å². The zero-order valence-electron chi connectivity index (χ0n) is 9.03. The van der Waals surface area contributed by atoms with Gasteiger partial charge in [-0.15, -0.1) is 0 Å². The van der Waals surface area contributed by atoms with Crippen LogP contribution in [0.5, 0.6) is 0 Å². The molecule has 2 N–H and O–H groups in total. The molecule has 1 amide bonds. The summed E-state index contributed by atoms with van der Waals surface area (Å²) in [6.45, 7) is 3.78. The number of carbonyl (C=O) groups excluding carboxylic acids is 2. The van der Waals surface area contributed by atoms with Gasteiger partial charge in [-0.3, -0.25) is 9.59 Å². The van der Waals surface area contributed by atoms with Gasteiger partial charge in [0.25, 0.3) is 0 Å². The molecule has 0 aromatic carbocycles. The van der Waals surface area contributed by atoms with Crippen molar-refractivity contribution in [2.45, 2.75) is 26.3 Å². The number of esters is 1. The van der Waals surface area contributed by atoms with E-state index in [4.69, 9.17) is 9.84 Å². The topological polar surface area (TPSA) is 75.6 Å². The Kier molecular flexibility index (Phi) is 4.08. The first-order valence-electron chi connectivity index (χ1n) is 5.19. The molecule has 5 heteroatoms. The summed E-state index contributed by atoms with van der Waals surface area (Å²) in [4.78, 5) is 22.5. The Bertz CT molecular complexity index is 254. The fraction of sp³-hybridized carbons (Fsp3) is 0.800. The second-order valence-corrected chi connectivity index (χ2v) is 3.69. The minimum Gasteiger partial charge on any atom is -0.466 e. The Morgan fingerprint density at radius 2 is 2.33 bits per heavy atom. The molecule has 0 aromatic heterocycles. The molecule has 3 atom stereocenters. The monoisotopic (exact) mass is 215 g/mol. The summed E-state index contributed by atoms with van der Waals surface area (Å²) >= 11 is 0. The van der Waals surface area contributed by atoms with Crippen LogP contribution in [0.1, 0.15) is 20.3 Å². The number of ether oxygens (including phenoxy) is 1. The van der Waals surface area contributed by atoms with Gasteiger partial charge in [0.1, 0.15) is 0 Å². The summed E-state index contributed by atoms with van der Waals surface area (Å²) in [6.07, 6.45) is 0.403. The SMILES string of the molecule is CCOC(=O)C(C)[C@H]1NC(=O)[C@H]1CCO. The lowest BCUT2D eigenvalue weighted by atomic mass is 9.80. The van der Waals surface area contributed by atoms with Crippen LogP contribution in [-0.4, -0.2) is 36.2 Å². The number of nitrogens with one attached hydrogen (secondary N) is 1. The Labute approximate surface area is 88.8 Å². The van der Waals surface area contributed by atoms with Crippen molar-refractivity contribution in [3.8, 4) is 0 Å². The van der Waals surface area contributed by atoms with E-state index in [2.05, 4.69) is 5.32 Å². The maximum absolute atomic E-state index is 11.4. The molecular weight excluding hydrogens is 198 g/mol. The third kappa shape index (κ3) is 2.47. The highest BCUT2D eigenvalue weighted by molar-refractivity contribution is 5.88. The molecule has 1 heterocycles. The van der Waals surface area contributed by atoms with Crippen LogP contribution in [0.15, 0.2) is 0 Å². The van der Waals surface area contributed by atoms with E-state index < -0.39 is 0 Å². The molecule has 15 heavy (non-hydrogen) atoms. The van der Waals surface area contributed by atoms with Crippen molar-refractivity contribution in [2.75, 3.05) is 13.2 Å². The van der Waals surface area contributed by atoms with Crippen LogP contribution < -0.4 is 5.32 Å². The number of amides is 1. The molecule has 1 aliphatic heterocycles. The van der Waals surface area contributed by atoms with Crippen LogP contribution in [0.3, 0.4) is 0 Å². The summed E-state index contributed by atoms with van der Waals surface area (Å²) in [5.74, 6) is -0.996. The molecule has 0 radical (unpaired) electrons. The third-order valence-corrected chi connectivity index (χ3v) is 2.72. The van der Waals surface area contributed by atoms with Crippen molar-refractivity contribution in [1.29, 1.82) is 0 Å². The number of β-lactam (4-membered cyclic amide) rings is 1. The molecule has 1 rings (SSSR count). The lowest BCUT2D eigenvalue weighted by molar-refractivity contribution is -0.153. The molecule has 86 valence electrons. The van der Waals surface area contributed by atoms with Crippen molar-refractivity contribution >= 4 is 11.9 Å². The van der Waals surface area contributed by atoms with Gasteiger partial charge >= 0.3 is 5.97 Å². The standard InChI is InChI=1S/C10H17NO4/c1-3-15-10(14)6(2)8-7(4-5-12)9(13)11-8/h6-8,12H,3-5H2,1-2H3,(H,11,13)/t6?,7-,8+/m0/s1. The molecule has 1 aliphatic rings. The first-order chi connectivity index (χ1) is 7.11. The summed E-state index contributed by atoms with van der Waals surface area (Å²) in [5, 5.41) is 11.4. The van der Waals surface area contributed by atoms with Gasteiger partial charge in [-0.1, -0.05) is 0 Å². The van der Waals surface area contributed by atoms with Crippen LogP contribution in [-0.2, 0) is 14.3 Å². The van der Waals surface area contributed by atoms with Crippen LogP contribution in [0.2, 0.25) is 0 Å². The summed E-state index contributed by atoms with van der Waals surface area (Å²) in [6, 6.07) is -0.191. The maximum atomic E-state index is 11.4. The van der Waals surface area contributed by atoms with Crippen molar-refractivity contribution in [3.05, 3.63) is 0 Å². The fourth-order valence-electron chi connectivity index (χ4n) is 1.78. The summed E-state index contributed by atoms with van der Waals surface area (Å²) < 4.78 is 4.87. The first-order valence-corrected chi connectivity index (χ1v) is 5.19. The van der Waals surface area contributed by atoms with E-state index in [1.807, 2.05) is 0 Å². The third-order valence-electron chi connectivity index (χ3n) is 2.72. The molecule has 5 nitrogen and oxygen atoms in total. The van der Waals surface area contributed by atoms with Gasteiger partial charge in [-0.05, 0) is 20.3 Å². The number of hydrogen-bond donors (Lipinski definition) is 2. The number of carbonyl (C=O) groups is 2. The number of hydrogen-bond acceptors (Lipinski definition) is 4. The number of rotatable bonds is 5. The summed E-state index contributed by atoms with van der Waals surface area (Å²) in [7, 11) is 0. The van der Waals surface area contributed by atoms with E-state index in [1.54, 1.807) is 13.8 Å². The van der Waals surface area contributed by atoms with Gasteiger partial charge in [-0.25, -0.2) is 0 Å². The Morgan fingerprint density at radius 3 is 2.80 bits per heavy atom. The molecule has 1 fully saturated rings. The van der Waals surface area contributed by atoms with Gasteiger partial charge in [0.15, 0.2) is 0 Å². The summed E-state index contributed by atoms with van der Waals surface area (Å²) in [5.41, 5.74) is 0. The minimum absolute atomic E-state index is 0.0376. The molecule has 0 saturated carbocycles. The second-order valence-electron chi connectivity index (χ2n) is 3.69. The molecule has 1 unspecified atom stereocenters. The number of aliphatic hydroxyl groups excluding tert-OH is 1. The molecule has 0 aliphatic carbocycles. The molecule has 0 bridgehead atoms. The van der Waals surface area contributed by atoms with Gasteiger partial charge < -0.3 is 15.2 Å². The fourth-order valence-corrected chi connectivity index (χ4v) is 1.78. The number of aliphatic hydroxyl groups is 1. The van der Waals surface area contributed by atoms with Gasteiger partial charge in [0.05, 0.1) is 24.5 Å². The van der Waals surface area contributed by atoms with E-state index in [-0.39, 0.29) is 36.4 Å². The highest BCUT2D eigenvalue weighted by Crippen LogP contribution is 2.25. The van der Waals surface area contributed by atoms with Gasteiger partial charge in [0.2, 0.25) is 5.91 Å². The molecule has 0 spiro atoms. The first kappa shape index (κ1) is 12.0. The zero-order chi connectivity index (χ0) is 11.4. The van der Waals surface area contributed by atoms with E-state index in [9.17, 15) is 9.59 Å². The lowest BCUT2D eigenvalue weighted by Crippen LogP contribution is -2.62. The van der Waals surface area contributed by atoms with Gasteiger partial charge in [0, 0.05) is 6.61 Å². The molecular formula is C10H17NO4. The van der Waals surface area contributed by atoms with E-state index in [1.165, 1.54) is 0 Å². The normalized spacial score (nSPS) is 26.5. The highest BCUT2D eigenvalue weighted by atomic mass is 16.5. The average Bonchev–Trinajstić information content (AvgIpc) is 2.22. The molecule has 0 aromatic rings. The van der Waals surface area contributed by atoms with E-state index in [0.717, 1.165) is 0 Å². The zero-order valence-corrected chi connectivity index (χ0v) is 9.03.